The Morgan fingerprint density at radius 2 is 0.412 bits per heavy atom. The molecule has 14 bridgehead atoms. The second kappa shape index (κ2) is 28.8. The minimum Gasteiger partial charge on any atom is -0.394 e. The molecule has 21 aliphatic heterocycles. The highest BCUT2D eigenvalue weighted by Crippen LogP contribution is 2.40. The number of rotatable bonds is 9. The van der Waals surface area contributed by atoms with Gasteiger partial charge in [-0.15, -0.1) is 0 Å². The number of hydrogen-bond acceptors (Lipinski definition) is 39. The van der Waals surface area contributed by atoms with Gasteiger partial charge in [-0.05, 0) is 0 Å². The molecule has 0 aromatic carbocycles. The van der Waals surface area contributed by atoms with E-state index < -0.39 is 272 Å². The van der Waals surface area contributed by atoms with Crippen LogP contribution in [0.2, 0.25) is 0 Å². The van der Waals surface area contributed by atoms with Crippen LogP contribution in [0.4, 0.5) is 0 Å². The lowest BCUT2D eigenvalue weighted by molar-refractivity contribution is -0.400. The second-order valence-corrected chi connectivity index (χ2v) is 21.3. The van der Waals surface area contributed by atoms with Crippen molar-refractivity contribution in [3.63, 3.8) is 0 Å². The fourth-order valence-corrected chi connectivity index (χ4v) is 11.1. The third-order valence-electron chi connectivity index (χ3n) is 15.9. The SMILES string of the molecule is N#CC(O)C(O)[C@H]1O[C@@H]2O[C@H]3[C@H](O)[C@@H](O)[C@@H](O[C@H]4[C@H](O)[C@@H](O)[C@@H](O[C@H]5[C@H](O)[C@@H](O)[C@@H](O[C@H]6[C@H](O)[C@@H](O)[C@@H](O[C@H]7[C@H](O)[C@@H](O)[C@@H](O[C@H]8[C@H](O)[C@@H](O)[C@@H](O[C@H]1[C@H](O)[C@H]2O)O[C@@H]8CO)O[C@@H]7CO)O[C@@H]6C(O)C(O)C#N)O[C@@H]5CO)O[C@@H]4CO)O[C@@H]3CO. The van der Waals surface area contributed by atoms with Crippen molar-refractivity contribution in [2.24, 2.45) is 0 Å². The Balaban J connectivity index is 1.13. The number of aliphatic hydroxyl groups excluding tert-OH is 23. The summed E-state index contributed by atoms with van der Waals surface area (Å²) in [6.45, 7) is -5.79. The summed E-state index contributed by atoms with van der Waals surface area (Å²) >= 11 is 0. The molecule has 21 aliphatic rings. The zero-order chi connectivity index (χ0) is 62.4. The van der Waals surface area contributed by atoms with Crippen LogP contribution in [-0.4, -0.2) is 390 Å². The van der Waals surface area contributed by atoms with E-state index in [1.54, 1.807) is 0 Å². The molecule has 0 radical (unpaired) electrons. The fraction of sp³-hybridized carbons (Fsp3) is 0.957. The third kappa shape index (κ3) is 13.5. The van der Waals surface area contributed by atoms with E-state index in [4.69, 9.17) is 66.3 Å². The first-order chi connectivity index (χ1) is 40.3. The third-order valence-corrected chi connectivity index (χ3v) is 15.9. The maximum atomic E-state index is 11.5. The van der Waals surface area contributed by atoms with Crippen LogP contribution in [0.1, 0.15) is 0 Å². The highest BCUT2D eigenvalue weighted by atomic mass is 16.8. The van der Waals surface area contributed by atoms with E-state index >= 15 is 0 Å². The Morgan fingerprint density at radius 3 is 0.588 bits per heavy atom. The van der Waals surface area contributed by atoms with Gasteiger partial charge in [0.15, 0.2) is 56.2 Å². The monoisotopic (exact) mass is 1240 g/mol. The van der Waals surface area contributed by atoms with Crippen molar-refractivity contribution in [2.45, 2.75) is 239 Å². The Labute approximate surface area is 478 Å². The van der Waals surface area contributed by atoms with Crippen molar-refractivity contribution in [1.29, 1.82) is 10.5 Å². The molecule has 21 heterocycles. The molecule has 23 N–H and O–H groups in total. The van der Waals surface area contributed by atoms with Crippen LogP contribution in [0.5, 0.6) is 0 Å². The molecule has 4 unspecified atom stereocenters. The molecule has 0 saturated carbocycles. The molecule has 0 aliphatic carbocycles. The second-order valence-electron chi connectivity index (χ2n) is 21.3. The largest absolute Gasteiger partial charge is 0.394 e. The van der Waals surface area contributed by atoms with Crippen LogP contribution in [0, 0.1) is 22.7 Å². The highest BCUT2D eigenvalue weighted by molar-refractivity contribution is 5.06. The normalized spacial score (nSPS) is 52.6. The molecule has 0 amide bonds. The van der Waals surface area contributed by atoms with Gasteiger partial charge in [-0.2, -0.15) is 10.5 Å². The number of hydrogen-bond donors (Lipinski definition) is 23. The molecule has 39 atom stereocenters. The smallest absolute Gasteiger partial charge is 0.187 e. The molecular formula is C46H72N2O37. The van der Waals surface area contributed by atoms with E-state index in [-0.39, 0.29) is 0 Å². The van der Waals surface area contributed by atoms with Gasteiger partial charge < -0.3 is 184 Å². The number of aliphatic hydroxyl groups is 23. The predicted octanol–water partition coefficient (Wildman–Crippen LogP) is -16.7. The molecule has 0 aromatic rings. The van der Waals surface area contributed by atoms with E-state index in [9.17, 15) is 128 Å². The summed E-state index contributed by atoms with van der Waals surface area (Å²) in [4.78, 5) is 0. The van der Waals surface area contributed by atoms with E-state index in [0.29, 0.717) is 0 Å². The van der Waals surface area contributed by atoms with Crippen molar-refractivity contribution in [1.82, 2.24) is 0 Å². The molecule has 39 heteroatoms. The molecule has 21 rings (SSSR count). The predicted molar refractivity (Wildman–Crippen MR) is 250 cm³/mol. The van der Waals surface area contributed by atoms with Crippen LogP contribution in [0.15, 0.2) is 0 Å². The van der Waals surface area contributed by atoms with Crippen molar-refractivity contribution >= 4 is 0 Å². The van der Waals surface area contributed by atoms with Crippen molar-refractivity contribution < 1.29 is 184 Å². The summed E-state index contributed by atoms with van der Waals surface area (Å²) < 4.78 is 79.4. The molecular weight excluding hydrogens is 1170 g/mol. The summed E-state index contributed by atoms with van der Waals surface area (Å²) in [7, 11) is 0. The van der Waals surface area contributed by atoms with Gasteiger partial charge in [0.05, 0.1) is 45.2 Å². The Kier molecular flexibility index (Phi) is 23.2. The summed E-state index contributed by atoms with van der Waals surface area (Å²) in [6.07, 6.45) is -87.0. The average Bonchev–Trinajstić information content (AvgIpc) is 1.97. The van der Waals surface area contributed by atoms with Crippen molar-refractivity contribution in [3.05, 3.63) is 0 Å². The van der Waals surface area contributed by atoms with Crippen LogP contribution in [-0.2, 0) is 66.3 Å². The standard InChI is InChI=1S/C46H72N2O37/c47-1-8(54)15(56)36-38-23(64)30(71)46(83-36)81-35-14(7-53)74-42(26(67)19(35)60)79-33-12(5-51)76-44(28(69)21(33)62)85-39-22(63)29(70)45(82-37(39)16(57)9(55)2-48)80-34-13(6-52)73-41(25(66)18(34)59)77-31-10(3-49)72-40(24(65)17(31)58)78-32-11(4-50)75-43(84-38)27(68)20(32)61/h8-46,49-71H,3-7H2/t8?,9?,10-,11-,12-,13-,14-,15?,16?,17-,18-,19-,20-,21-,22-,23-,24-,25-,26-,27-,28-,29-,30-,31-,32-,33-,34-,35-,36-,37-,38+,39+,40-,41-,42-,43-,44-,45+,46+/m1/s1. The molecule has 21 saturated heterocycles. The molecule has 85 heavy (non-hydrogen) atoms. The van der Waals surface area contributed by atoms with Gasteiger partial charge in [-0.1, -0.05) is 0 Å². The first-order valence-corrected chi connectivity index (χ1v) is 26.6. The number of nitriles is 2. The zero-order valence-corrected chi connectivity index (χ0v) is 43.9. The lowest BCUT2D eigenvalue weighted by Crippen LogP contribution is -2.69. The van der Waals surface area contributed by atoms with Crippen LogP contribution < -0.4 is 0 Å². The Morgan fingerprint density at radius 1 is 0.247 bits per heavy atom. The van der Waals surface area contributed by atoms with Gasteiger partial charge in [0.1, 0.15) is 183 Å². The lowest BCUT2D eigenvalue weighted by Gasteiger charge is -2.50. The Bertz CT molecular complexity index is 2170. The first kappa shape index (κ1) is 68.4. The van der Waals surface area contributed by atoms with E-state index in [1.807, 2.05) is 0 Å². The topological polar surface area (TPSA) is 642 Å². The quantitative estimate of drug-likeness (QED) is 0.0953. The summed E-state index contributed by atoms with van der Waals surface area (Å²) in [5.41, 5.74) is 0. The van der Waals surface area contributed by atoms with E-state index in [1.165, 1.54) is 12.1 Å². The van der Waals surface area contributed by atoms with Gasteiger partial charge in [0.2, 0.25) is 0 Å². The highest BCUT2D eigenvalue weighted by Gasteiger charge is 2.61. The lowest BCUT2D eigenvalue weighted by atomic mass is 9.92. The fourth-order valence-electron chi connectivity index (χ4n) is 11.1. The van der Waals surface area contributed by atoms with Crippen LogP contribution in [0.25, 0.3) is 0 Å². The zero-order valence-electron chi connectivity index (χ0n) is 43.9. The molecule has 0 aromatic heterocycles. The van der Waals surface area contributed by atoms with Crippen molar-refractivity contribution in [2.75, 3.05) is 33.0 Å². The number of ether oxygens (including phenoxy) is 14. The van der Waals surface area contributed by atoms with Crippen molar-refractivity contribution in [3.8, 4) is 12.1 Å². The van der Waals surface area contributed by atoms with Gasteiger partial charge >= 0.3 is 0 Å². The minimum absolute atomic E-state index is 1.13. The maximum Gasteiger partial charge on any atom is 0.187 e. The van der Waals surface area contributed by atoms with Crippen LogP contribution in [0.3, 0.4) is 0 Å². The van der Waals surface area contributed by atoms with Gasteiger partial charge in [0.25, 0.3) is 0 Å². The average molecular weight is 1250 g/mol. The van der Waals surface area contributed by atoms with E-state index in [0.717, 1.165) is 0 Å². The summed E-state index contributed by atoms with van der Waals surface area (Å²) in [5.74, 6) is 0. The van der Waals surface area contributed by atoms with Gasteiger partial charge in [0, 0.05) is 0 Å². The summed E-state index contributed by atoms with van der Waals surface area (Å²) in [6, 6.07) is 2.58. The van der Waals surface area contributed by atoms with E-state index in [2.05, 4.69) is 0 Å². The Hall–Kier alpha value is -2.50. The van der Waals surface area contributed by atoms with Gasteiger partial charge in [-0.3, -0.25) is 0 Å². The number of nitrogens with zero attached hydrogens (tertiary/aromatic N) is 2. The summed E-state index contributed by atoms with van der Waals surface area (Å²) in [5, 5.41) is 274. The minimum atomic E-state index is -2.46. The maximum absolute atomic E-state index is 11.5. The molecule has 39 nitrogen and oxygen atoms in total. The first-order valence-electron chi connectivity index (χ1n) is 26.6. The molecule has 21 fully saturated rings. The van der Waals surface area contributed by atoms with Crippen LogP contribution >= 0.6 is 0 Å². The molecule has 0 spiro atoms. The van der Waals surface area contributed by atoms with Gasteiger partial charge in [-0.25, -0.2) is 0 Å². The molecule has 488 valence electrons.